The van der Waals surface area contributed by atoms with E-state index >= 15 is 0 Å². The van der Waals surface area contributed by atoms with E-state index < -0.39 is 98.9 Å². The summed E-state index contributed by atoms with van der Waals surface area (Å²) in [5.41, 5.74) is 11.6. The van der Waals surface area contributed by atoms with E-state index in [0.717, 1.165) is 47.2 Å². The van der Waals surface area contributed by atoms with Gasteiger partial charge in [-0.05, 0) is 129 Å². The first-order chi connectivity index (χ1) is 55.7. The zero-order valence-corrected chi connectivity index (χ0v) is 66.4. The maximum Gasteiger partial charge on any atom is 0.387 e. The second kappa shape index (κ2) is 40.0. The Kier molecular flexibility index (Phi) is 30.3. The van der Waals surface area contributed by atoms with Gasteiger partial charge in [-0.15, -0.1) is 15.3 Å². The van der Waals surface area contributed by atoms with Gasteiger partial charge < -0.3 is 25.5 Å². The van der Waals surface area contributed by atoms with Gasteiger partial charge in [0.15, 0.2) is 0 Å². The molecular formula is C73H76ClF8N21O10S4. The monoisotopic (exact) mass is 1720 g/mol. The highest BCUT2D eigenvalue weighted by atomic mass is 35.7. The standard InChI is InChI=1S/C20H18F5N5O4S.C19H21FN6O2S.C17H18FN5O2S.C14H14FN5.C3H5ClO2S/c21-15-6-12(33-20(24)25)1-4-14(15)10(9-28-35(31,32)13-2-3-13)5-16-26-7-11(8-27-16)18-29-30-19(34-18)17(22)23;1-12-2-5-16(17(20)6-12)13(10-24-29(27,28)15-3-4-15)7-19-21-8-14(9-22-19)18-11-23-26-25-18;1-11-2-5-14(15(18)6-11)16(10-22-26(24,25)13-3-4-13)23-17-20-8-12(7-19)9-21-17;1-9-2-3-11(12(15)4-9)13(6-17)20-14-18-7-10(5-16)8-19-14;4-7(5,6)3-1-2-3/h1,4,6-8,10,13,17,20,28H,2-3,5,9H2;2,5-6,8-9,13,15,24H,3-4,7,10-11H2,1H3;2,5-6,8-9,13,16,22H,3-4,10H2,1H3,(H,20,21,23);2-4,7-8,13H,6,17H2,1H3,(H,18,19,20);3H,1-2H2. The van der Waals surface area contributed by atoms with Crippen molar-refractivity contribution in [2.45, 2.75) is 143 Å². The summed E-state index contributed by atoms with van der Waals surface area (Å²) in [6.45, 7) is 2.71. The van der Waals surface area contributed by atoms with Gasteiger partial charge in [0.25, 0.3) is 11.8 Å². The Labute approximate surface area is 671 Å². The Morgan fingerprint density at radius 3 is 1.28 bits per heavy atom. The van der Waals surface area contributed by atoms with Gasteiger partial charge in [0.1, 0.15) is 59.4 Å². The van der Waals surface area contributed by atoms with Crippen molar-refractivity contribution in [3.63, 3.8) is 0 Å². The first-order valence-corrected chi connectivity index (χ1v) is 42.9. The van der Waals surface area contributed by atoms with Crippen molar-refractivity contribution in [3.05, 3.63) is 219 Å². The maximum absolute atomic E-state index is 14.8. The molecule has 0 radical (unpaired) electrons. The molecule has 0 saturated heterocycles. The fourth-order valence-electron chi connectivity index (χ4n) is 11.0. The van der Waals surface area contributed by atoms with Gasteiger partial charge >= 0.3 is 13.0 Å². The van der Waals surface area contributed by atoms with Crippen LogP contribution in [0.4, 0.5) is 47.0 Å². The number of anilines is 2. The van der Waals surface area contributed by atoms with Crippen LogP contribution < -0.4 is 35.3 Å². The second-order valence-corrected chi connectivity index (χ2v) is 36.3. The average Bonchev–Trinajstić information content (AvgIpc) is 1.68. The smallest absolute Gasteiger partial charge is 0.387 e. The molecule has 4 aliphatic carbocycles. The number of hydrogen-bond acceptors (Lipinski definition) is 28. The molecule has 5 aliphatic rings. The number of aromatic nitrogens is 10. The molecule has 1 aliphatic heterocycles. The highest BCUT2D eigenvalue weighted by Gasteiger charge is 2.39. The number of nitriles is 2. The molecule has 9 aromatic rings. The van der Waals surface area contributed by atoms with Gasteiger partial charge in [-0.25, -0.2) is 105 Å². The van der Waals surface area contributed by atoms with Crippen LogP contribution in [-0.2, 0) is 52.0 Å². The largest absolute Gasteiger partial charge is 0.435 e. The fourth-order valence-corrected chi connectivity index (χ4v) is 16.5. The summed E-state index contributed by atoms with van der Waals surface area (Å²) in [7, 11) is -8.63. The lowest BCUT2D eigenvalue weighted by Gasteiger charge is -2.20. The van der Waals surface area contributed by atoms with E-state index in [4.69, 9.17) is 31.4 Å². The summed E-state index contributed by atoms with van der Waals surface area (Å²) in [6.07, 6.45) is 13.8. The van der Waals surface area contributed by atoms with Crippen molar-refractivity contribution in [1.82, 2.24) is 64.2 Å². The number of hydrogen-bond donors (Lipinski definition) is 6. The number of aryl methyl sites for hydroxylation is 3. The van der Waals surface area contributed by atoms with Crippen LogP contribution >= 0.6 is 10.7 Å². The number of nitrogens with zero attached hydrogens (tertiary/aromatic N) is 15. The van der Waals surface area contributed by atoms with Crippen LogP contribution in [0, 0.1) is 66.7 Å². The minimum absolute atomic E-state index is 0.0362. The summed E-state index contributed by atoms with van der Waals surface area (Å²) in [4.78, 5) is 32.9. The molecule has 4 fully saturated rings. The van der Waals surface area contributed by atoms with Crippen LogP contribution in [-0.4, -0.2) is 150 Å². The van der Waals surface area contributed by atoms with E-state index in [1.807, 2.05) is 38.1 Å². The number of sulfonamides is 3. The molecule has 14 rings (SSSR count). The molecule has 44 heteroatoms. The second-order valence-electron chi connectivity index (χ2n) is 27.3. The lowest BCUT2D eigenvalue weighted by Crippen LogP contribution is -2.34. The Morgan fingerprint density at radius 2 is 0.923 bits per heavy atom. The van der Waals surface area contributed by atoms with Crippen LogP contribution in [0.1, 0.15) is 155 Å². The van der Waals surface area contributed by atoms with Gasteiger partial charge in [0.05, 0.1) is 80.3 Å². The van der Waals surface area contributed by atoms with Gasteiger partial charge in [0, 0.05) is 109 Å². The van der Waals surface area contributed by atoms with E-state index in [1.54, 1.807) is 43.6 Å². The molecular weight excluding hydrogens is 1650 g/mol. The SMILES string of the molecule is Cc1ccc(C(CN)Nc2ncc(C#N)cn2)c(F)c1.Cc1ccc(C(CNS(=O)(=O)C2CC2)Cc2ncc(C3=NN=NC3)cn2)c(F)c1.Cc1ccc(C(CNS(=O)(=O)C2CC2)Nc2ncc(C#N)cn2)c(F)c1.O=S(=O)(Cl)C1CC1.O=S(=O)(NCC(Cc1ncc(-c2nnc(C(F)F)o2)cn1)c1ccc(OC(F)F)cc1F)C1CC1. The number of nitrogens with two attached hydrogens (primary N) is 1. The first-order valence-electron chi connectivity index (χ1n) is 35.9. The van der Waals surface area contributed by atoms with E-state index in [2.05, 4.69) is 95.0 Å². The molecule has 4 unspecified atom stereocenters. The van der Waals surface area contributed by atoms with Crippen molar-refractivity contribution in [1.29, 1.82) is 10.5 Å². The third kappa shape index (κ3) is 26.7. The summed E-state index contributed by atoms with van der Waals surface area (Å²) < 4.78 is 218. The van der Waals surface area contributed by atoms with Crippen LogP contribution in [0.2, 0.25) is 0 Å². The maximum atomic E-state index is 14.8. The van der Waals surface area contributed by atoms with Crippen LogP contribution in [0.3, 0.4) is 0 Å². The van der Waals surface area contributed by atoms with Crippen molar-refractivity contribution in [3.8, 4) is 29.3 Å². The predicted molar refractivity (Wildman–Crippen MR) is 411 cm³/mol. The molecule has 4 atom stereocenters. The highest BCUT2D eigenvalue weighted by Crippen LogP contribution is 2.35. The lowest BCUT2D eigenvalue weighted by molar-refractivity contribution is -0.0500. The van der Waals surface area contributed by atoms with Crippen LogP contribution in [0.15, 0.2) is 142 Å². The summed E-state index contributed by atoms with van der Waals surface area (Å²) in [5.74, 6) is -3.54. The topological polar surface area (TPSA) is 459 Å². The molecule has 620 valence electrons. The molecule has 4 aromatic carbocycles. The van der Waals surface area contributed by atoms with Crippen molar-refractivity contribution in [2.75, 3.05) is 43.4 Å². The fraction of sp³-hybridized carbons (Fsp3) is 0.384. The van der Waals surface area contributed by atoms with Gasteiger partial charge in [-0.3, -0.25) is 0 Å². The number of rotatable bonds is 31. The third-order valence-electron chi connectivity index (χ3n) is 18.0. The minimum Gasteiger partial charge on any atom is -0.435 e. The van der Waals surface area contributed by atoms with Gasteiger partial charge in [-0.1, -0.05) is 42.5 Å². The number of halogens is 9. The number of ether oxygens (including phenoxy) is 1. The average molecular weight is 1720 g/mol. The molecule has 5 aromatic heterocycles. The number of benzene rings is 4. The number of nitrogens with one attached hydrogen (secondary N) is 5. The lowest BCUT2D eigenvalue weighted by atomic mass is 9.94. The molecule has 31 nitrogen and oxygen atoms in total. The van der Waals surface area contributed by atoms with Crippen LogP contribution in [0.5, 0.6) is 5.75 Å². The van der Waals surface area contributed by atoms with Crippen molar-refractivity contribution >= 4 is 67.4 Å². The Bertz CT molecular complexity index is 5560. The first kappa shape index (κ1) is 88.7. The zero-order valence-electron chi connectivity index (χ0n) is 62.3. The Morgan fingerprint density at radius 1 is 0.521 bits per heavy atom. The van der Waals surface area contributed by atoms with Crippen molar-refractivity contribution < 1.29 is 77.9 Å². The van der Waals surface area contributed by atoms with Gasteiger partial charge in [-0.2, -0.15) is 33.2 Å². The molecule has 6 heterocycles. The van der Waals surface area contributed by atoms with E-state index in [-0.39, 0.29) is 94.5 Å². The summed E-state index contributed by atoms with van der Waals surface area (Å²) in [6, 6.07) is 20.6. The highest BCUT2D eigenvalue weighted by molar-refractivity contribution is 8.14. The van der Waals surface area contributed by atoms with E-state index in [9.17, 15) is 68.8 Å². The van der Waals surface area contributed by atoms with Crippen molar-refractivity contribution in [2.24, 2.45) is 21.2 Å². The summed E-state index contributed by atoms with van der Waals surface area (Å²) in [5, 5.41) is 40.0. The normalized spacial score (nSPS) is 15.5. The predicted octanol–water partition coefficient (Wildman–Crippen LogP) is 10.8. The molecule has 7 N–H and O–H groups in total. The third-order valence-corrected chi connectivity index (χ3v) is 25.8. The van der Waals surface area contributed by atoms with E-state index in [0.29, 0.717) is 96.8 Å². The molecule has 0 spiro atoms. The molecule has 0 amide bonds. The Hall–Kier alpha value is -10.6. The van der Waals surface area contributed by atoms with E-state index in [1.165, 1.54) is 61.4 Å². The minimum atomic E-state index is -3.59. The van der Waals surface area contributed by atoms with Gasteiger partial charge in [0.2, 0.25) is 51.0 Å². The van der Waals surface area contributed by atoms with Crippen LogP contribution in [0.25, 0.3) is 11.5 Å². The Balaban J connectivity index is 0.000000162. The molecule has 117 heavy (non-hydrogen) atoms. The quantitative estimate of drug-likeness (QED) is 0.0174. The molecule has 4 saturated carbocycles. The molecule has 0 bridgehead atoms. The zero-order chi connectivity index (χ0) is 84.4. The number of alkyl halides is 4. The summed E-state index contributed by atoms with van der Waals surface area (Å²) >= 11 is 0.